The summed E-state index contributed by atoms with van der Waals surface area (Å²) in [6, 6.07) is 0. The Balaban J connectivity index is 2.37. The van der Waals surface area contributed by atoms with Crippen LogP contribution in [0, 0.1) is 0 Å². The van der Waals surface area contributed by atoms with E-state index in [-0.39, 0.29) is 32.6 Å². The van der Waals surface area contributed by atoms with Crippen LogP contribution in [-0.4, -0.2) is 47.5 Å². The molecule has 2 rings (SSSR count). The number of phosphoric ester groups is 1. The van der Waals surface area contributed by atoms with E-state index in [4.69, 9.17) is 15.5 Å². The third kappa shape index (κ3) is 4.54. The van der Waals surface area contributed by atoms with Crippen LogP contribution in [-0.2, 0) is 9.09 Å². The van der Waals surface area contributed by atoms with Crippen LogP contribution in [0.4, 0.5) is 5.95 Å². The Kier molecular flexibility index (Phi) is 5.65. The van der Waals surface area contributed by atoms with Gasteiger partial charge in [0.2, 0.25) is 5.95 Å². The fourth-order valence-electron chi connectivity index (χ4n) is 1.58. The molecule has 0 spiro atoms. The molecule has 0 aromatic carbocycles. The molecule has 24 heavy (non-hydrogen) atoms. The molecular weight excluding hydrogens is 381 g/mol. The molecule has 0 bridgehead atoms. The van der Waals surface area contributed by atoms with Crippen molar-refractivity contribution < 1.29 is 24.0 Å². The minimum absolute atomic E-state index is 0.0206. The number of nitrogens with two attached hydrogens (primary N) is 1. The Morgan fingerprint density at radius 1 is 1.42 bits per heavy atom. The number of aromatic amines is 1. The molecule has 130 valence electrons. The van der Waals surface area contributed by atoms with E-state index >= 15 is 0 Å². The number of rotatable bonds is 5. The monoisotopic (exact) mass is 393 g/mol. The van der Waals surface area contributed by atoms with Crippen LogP contribution in [0.15, 0.2) is 15.9 Å². The summed E-state index contributed by atoms with van der Waals surface area (Å²) in [6.45, 7) is -0.715. The lowest BCUT2D eigenvalue weighted by molar-refractivity contribution is 0.112. The van der Waals surface area contributed by atoms with Gasteiger partial charge in [-0.05, 0) is 0 Å². The van der Waals surface area contributed by atoms with E-state index in [2.05, 4.69) is 49.7 Å². The summed E-state index contributed by atoms with van der Waals surface area (Å²) in [7, 11) is -4.74. The average Bonchev–Trinajstić information content (AvgIpc) is 2.50. The van der Waals surface area contributed by atoms with Crippen molar-refractivity contribution in [3.63, 3.8) is 0 Å². The van der Waals surface area contributed by atoms with E-state index in [1.54, 1.807) is 0 Å². The first kappa shape index (κ1) is 18.9. The highest BCUT2D eigenvalue weighted by Crippen LogP contribution is 2.37. The number of aromatic nitrogens is 4. The van der Waals surface area contributed by atoms with E-state index < -0.39 is 26.1 Å². The number of nitrogens with one attached hydrogen (secondary N) is 1. The van der Waals surface area contributed by atoms with Crippen LogP contribution in [0.3, 0.4) is 0 Å². The molecule has 0 aliphatic carbocycles. The number of H-pyrrole nitrogens is 1. The van der Waals surface area contributed by atoms with Crippen molar-refractivity contribution in [1.29, 1.82) is 0 Å². The molecule has 0 fully saturated rings. The molecule has 2 heterocycles. The van der Waals surface area contributed by atoms with Gasteiger partial charge < -0.3 is 20.6 Å². The number of nitrogens with zero attached hydrogens (tertiary/aromatic N) is 3. The zero-order valence-corrected chi connectivity index (χ0v) is 14.4. The third-order valence-corrected chi connectivity index (χ3v) is 4.29. The second kappa shape index (κ2) is 7.19. The van der Waals surface area contributed by atoms with Gasteiger partial charge in [0.15, 0.2) is 11.2 Å². The number of hydrogen-bond acceptors (Lipinski definition) is 10. The quantitative estimate of drug-likeness (QED) is 0.253. The van der Waals surface area contributed by atoms with Crippen molar-refractivity contribution >= 4 is 55.1 Å². The third-order valence-electron chi connectivity index (χ3n) is 2.64. The standard InChI is InChI=1S/C10H12N5O6PS2/c11-10-14-8-5(9(17)15-10)13-3(1-12-8)6(23)7(24)4(16)2-21-22(18,19)20/h1,4,16,23-24H,2H2,(H2,18,19,20)(H3,11,12,14,15,17). The fraction of sp³-hybridized carbons (Fsp3) is 0.200. The van der Waals surface area contributed by atoms with Crippen LogP contribution < -0.4 is 11.3 Å². The van der Waals surface area contributed by atoms with E-state index in [1.165, 1.54) is 6.20 Å². The lowest BCUT2D eigenvalue weighted by atomic mass is 10.3. The fourth-order valence-corrected chi connectivity index (χ4v) is 2.37. The lowest BCUT2D eigenvalue weighted by Gasteiger charge is -2.14. The topological polar surface area (TPSA) is 185 Å². The van der Waals surface area contributed by atoms with Crippen molar-refractivity contribution in [2.75, 3.05) is 12.3 Å². The minimum atomic E-state index is -4.74. The highest BCUT2D eigenvalue weighted by Gasteiger charge is 2.20. The number of fused-ring (bicyclic) bond motifs is 1. The molecule has 0 saturated carbocycles. The minimum Gasteiger partial charge on any atom is -0.385 e. The molecule has 1 unspecified atom stereocenters. The van der Waals surface area contributed by atoms with Gasteiger partial charge in [-0.25, -0.2) is 14.5 Å². The molecule has 2 aromatic rings. The summed E-state index contributed by atoms with van der Waals surface area (Å²) in [6.07, 6.45) is -0.252. The van der Waals surface area contributed by atoms with Gasteiger partial charge in [-0.15, -0.1) is 25.3 Å². The number of aliphatic hydroxyl groups excluding tert-OH is 1. The summed E-state index contributed by atoms with van der Waals surface area (Å²) in [4.78, 5) is 43.0. The second-order valence-electron chi connectivity index (χ2n) is 4.41. The zero-order chi connectivity index (χ0) is 18.1. The molecule has 14 heteroatoms. The number of hydrogen-bond donors (Lipinski definition) is 7. The number of aliphatic hydroxyl groups is 1. The Morgan fingerprint density at radius 3 is 2.71 bits per heavy atom. The summed E-state index contributed by atoms with van der Waals surface area (Å²) in [5, 5.41) is 9.82. The largest absolute Gasteiger partial charge is 0.469 e. The van der Waals surface area contributed by atoms with Gasteiger partial charge in [0, 0.05) is 9.81 Å². The predicted molar refractivity (Wildman–Crippen MR) is 91.3 cm³/mol. The first-order valence-electron chi connectivity index (χ1n) is 6.11. The number of phosphoric acid groups is 1. The maximum Gasteiger partial charge on any atom is 0.469 e. The molecule has 6 N–H and O–H groups in total. The maximum absolute atomic E-state index is 11.8. The summed E-state index contributed by atoms with van der Waals surface area (Å²) >= 11 is 8.16. The Morgan fingerprint density at radius 2 is 2.08 bits per heavy atom. The molecule has 0 aliphatic rings. The van der Waals surface area contributed by atoms with Crippen LogP contribution in [0.2, 0.25) is 0 Å². The van der Waals surface area contributed by atoms with Gasteiger partial charge in [0.05, 0.1) is 18.5 Å². The zero-order valence-electron chi connectivity index (χ0n) is 11.7. The molecule has 11 nitrogen and oxygen atoms in total. The number of thiol groups is 2. The van der Waals surface area contributed by atoms with Crippen LogP contribution in [0.25, 0.3) is 16.1 Å². The van der Waals surface area contributed by atoms with E-state index in [0.29, 0.717) is 0 Å². The smallest absolute Gasteiger partial charge is 0.385 e. The predicted octanol–water partition coefficient (Wildman–Crippen LogP) is -0.706. The molecular formula is C10H12N5O6PS2. The van der Waals surface area contributed by atoms with Crippen molar-refractivity contribution in [2.45, 2.75) is 6.10 Å². The summed E-state index contributed by atoms with van der Waals surface area (Å²) < 4.78 is 14.8. The van der Waals surface area contributed by atoms with Crippen LogP contribution >= 0.6 is 33.1 Å². The summed E-state index contributed by atoms with van der Waals surface area (Å²) in [5.74, 6) is -0.115. The maximum atomic E-state index is 11.8. The second-order valence-corrected chi connectivity index (χ2v) is 6.58. The van der Waals surface area contributed by atoms with E-state index in [9.17, 15) is 14.5 Å². The molecule has 0 saturated heterocycles. The van der Waals surface area contributed by atoms with Gasteiger partial charge in [-0.1, -0.05) is 0 Å². The van der Waals surface area contributed by atoms with Crippen molar-refractivity contribution in [3.8, 4) is 0 Å². The molecule has 0 aliphatic heterocycles. The molecule has 2 aromatic heterocycles. The normalized spacial score (nSPS) is 14.5. The van der Waals surface area contributed by atoms with Gasteiger partial charge in [0.25, 0.3) is 5.56 Å². The van der Waals surface area contributed by atoms with Crippen molar-refractivity contribution in [2.24, 2.45) is 0 Å². The van der Waals surface area contributed by atoms with Gasteiger partial charge in [-0.3, -0.25) is 14.3 Å². The lowest BCUT2D eigenvalue weighted by Crippen LogP contribution is -2.16. The SMILES string of the molecule is Nc1nc2ncc(C(S)=C(S)C(O)COP(=O)(O)O)nc2c(=O)[nH]1. The first-order chi connectivity index (χ1) is 11.1. The summed E-state index contributed by atoms with van der Waals surface area (Å²) in [5.41, 5.74) is 4.79. The highest BCUT2D eigenvalue weighted by molar-refractivity contribution is 7.93. The van der Waals surface area contributed by atoms with Crippen molar-refractivity contribution in [3.05, 3.63) is 27.1 Å². The molecule has 0 amide bonds. The number of anilines is 1. The van der Waals surface area contributed by atoms with E-state index in [1.807, 2.05) is 0 Å². The molecule has 0 radical (unpaired) electrons. The first-order valence-corrected chi connectivity index (χ1v) is 8.54. The van der Waals surface area contributed by atoms with Crippen LogP contribution in [0.1, 0.15) is 5.69 Å². The van der Waals surface area contributed by atoms with Crippen LogP contribution in [0.5, 0.6) is 0 Å². The Labute approximate surface area is 145 Å². The number of nitrogen functional groups attached to an aromatic ring is 1. The van der Waals surface area contributed by atoms with Gasteiger partial charge >= 0.3 is 7.82 Å². The van der Waals surface area contributed by atoms with E-state index in [0.717, 1.165) is 0 Å². The van der Waals surface area contributed by atoms with Gasteiger partial charge in [0.1, 0.15) is 6.10 Å². The highest BCUT2D eigenvalue weighted by atomic mass is 32.1. The average molecular weight is 393 g/mol. The Hall–Kier alpha value is -1.47. The molecule has 1 atom stereocenters. The van der Waals surface area contributed by atoms with Crippen molar-refractivity contribution in [1.82, 2.24) is 19.9 Å². The van der Waals surface area contributed by atoms with Gasteiger partial charge in [-0.2, -0.15) is 4.98 Å². The Bertz CT molecular complexity index is 912.